The summed E-state index contributed by atoms with van der Waals surface area (Å²) >= 11 is 0. The molecule has 0 heterocycles. The number of carbonyl (C=O) groups excluding carboxylic acids is 2. The molecule has 140 valence electrons. The lowest BCUT2D eigenvalue weighted by Gasteiger charge is -2.26. The maximum Gasteiger partial charge on any atom is 0.333 e. The molecule has 8 heteroatoms. The molecule has 2 atom stereocenters. The van der Waals surface area contributed by atoms with Gasteiger partial charge in [-0.3, -0.25) is 0 Å². The Kier molecular flexibility index (Phi) is 9.13. The number of carbonyl (C=O) groups is 2. The molecule has 0 aliphatic rings. The summed E-state index contributed by atoms with van der Waals surface area (Å²) in [5, 5.41) is 18.3. The highest BCUT2D eigenvalue weighted by Crippen LogP contribution is 2.14. The molecular formula is C16H28O8. The highest BCUT2D eigenvalue weighted by atomic mass is 16.7. The van der Waals surface area contributed by atoms with Gasteiger partial charge in [0.2, 0.25) is 11.6 Å². The van der Waals surface area contributed by atoms with E-state index in [0.717, 1.165) is 12.2 Å². The van der Waals surface area contributed by atoms with Crippen LogP contribution in [0.2, 0.25) is 0 Å². The minimum Gasteiger partial charge on any atom is -0.431 e. The van der Waals surface area contributed by atoms with Crippen LogP contribution in [0.4, 0.5) is 0 Å². The molecule has 0 amide bonds. The molecule has 0 saturated heterocycles. The van der Waals surface area contributed by atoms with Gasteiger partial charge >= 0.3 is 11.9 Å². The normalized spacial score (nSPS) is 15.2. The standard InChI is InChI=1S/C16H28O8/c1-11(17)9-21-15(3,4)23-13(19)7-8-14(20)24-16(5,6)22-10-12(2)18/h7-8,11-12,17-18H,9-10H2,1-6H3. The van der Waals surface area contributed by atoms with Crippen LogP contribution in [0.1, 0.15) is 41.5 Å². The summed E-state index contributed by atoms with van der Waals surface area (Å²) in [6, 6.07) is 0. The second-order valence-corrected chi connectivity index (χ2v) is 6.30. The first-order valence-electron chi connectivity index (χ1n) is 7.61. The molecule has 0 saturated carbocycles. The van der Waals surface area contributed by atoms with E-state index in [1.807, 2.05) is 0 Å². The zero-order chi connectivity index (χ0) is 19.0. The van der Waals surface area contributed by atoms with Crippen LogP contribution in [0.5, 0.6) is 0 Å². The quantitative estimate of drug-likeness (QED) is 0.340. The SMILES string of the molecule is CC(O)COC(C)(C)OC(=O)C=CC(=O)OC(C)(C)OCC(C)O. The first-order chi connectivity index (χ1) is 10.8. The van der Waals surface area contributed by atoms with E-state index in [9.17, 15) is 9.59 Å². The smallest absolute Gasteiger partial charge is 0.333 e. The maximum absolute atomic E-state index is 11.7. The van der Waals surface area contributed by atoms with E-state index in [1.165, 1.54) is 41.5 Å². The zero-order valence-corrected chi connectivity index (χ0v) is 15.1. The third-order valence-electron chi connectivity index (χ3n) is 2.39. The Balaban J connectivity index is 4.40. The van der Waals surface area contributed by atoms with E-state index in [2.05, 4.69) is 0 Å². The van der Waals surface area contributed by atoms with E-state index in [-0.39, 0.29) is 13.2 Å². The first-order valence-corrected chi connectivity index (χ1v) is 7.61. The number of ether oxygens (including phenoxy) is 4. The van der Waals surface area contributed by atoms with Crippen molar-refractivity contribution in [1.82, 2.24) is 0 Å². The molecule has 0 aliphatic heterocycles. The minimum absolute atomic E-state index is 0.000837. The molecule has 0 rings (SSSR count). The summed E-state index contributed by atoms with van der Waals surface area (Å²) in [5.41, 5.74) is 0. The number of aliphatic hydroxyl groups excluding tert-OH is 2. The van der Waals surface area contributed by atoms with Crippen molar-refractivity contribution in [3.63, 3.8) is 0 Å². The fourth-order valence-electron chi connectivity index (χ4n) is 1.39. The van der Waals surface area contributed by atoms with E-state index >= 15 is 0 Å². The van der Waals surface area contributed by atoms with Gasteiger partial charge in [-0.25, -0.2) is 9.59 Å². The summed E-state index contributed by atoms with van der Waals surface area (Å²) in [5.74, 6) is -4.10. The lowest BCUT2D eigenvalue weighted by atomic mass is 10.3. The van der Waals surface area contributed by atoms with Gasteiger partial charge in [-0.1, -0.05) is 0 Å². The van der Waals surface area contributed by atoms with E-state index in [1.54, 1.807) is 0 Å². The highest BCUT2D eigenvalue weighted by molar-refractivity contribution is 5.91. The largest absolute Gasteiger partial charge is 0.431 e. The van der Waals surface area contributed by atoms with Gasteiger partial charge in [0.05, 0.1) is 25.4 Å². The van der Waals surface area contributed by atoms with Gasteiger partial charge in [-0.2, -0.15) is 0 Å². The van der Waals surface area contributed by atoms with Crippen molar-refractivity contribution in [2.24, 2.45) is 0 Å². The van der Waals surface area contributed by atoms with Crippen LogP contribution in [0.3, 0.4) is 0 Å². The Morgan fingerprint density at radius 3 is 1.38 bits per heavy atom. The van der Waals surface area contributed by atoms with Gasteiger partial charge < -0.3 is 29.2 Å². The average molecular weight is 348 g/mol. The van der Waals surface area contributed by atoms with Gasteiger partial charge in [-0.05, 0) is 13.8 Å². The Hall–Kier alpha value is -1.48. The first kappa shape index (κ1) is 22.5. The third kappa shape index (κ3) is 12.0. The summed E-state index contributed by atoms with van der Waals surface area (Å²) in [7, 11) is 0. The third-order valence-corrected chi connectivity index (χ3v) is 2.39. The molecule has 0 aromatic rings. The van der Waals surface area contributed by atoms with Crippen molar-refractivity contribution in [3.05, 3.63) is 12.2 Å². The highest BCUT2D eigenvalue weighted by Gasteiger charge is 2.25. The minimum atomic E-state index is -1.25. The molecule has 8 nitrogen and oxygen atoms in total. The van der Waals surface area contributed by atoms with Crippen LogP contribution >= 0.6 is 0 Å². The van der Waals surface area contributed by atoms with Crippen LogP contribution in [-0.2, 0) is 28.5 Å². The topological polar surface area (TPSA) is 112 Å². The summed E-state index contributed by atoms with van der Waals surface area (Å²) in [6.45, 7) is 9.10. The molecule has 24 heavy (non-hydrogen) atoms. The number of esters is 2. The van der Waals surface area contributed by atoms with Crippen LogP contribution in [0.25, 0.3) is 0 Å². The van der Waals surface area contributed by atoms with Crippen molar-refractivity contribution < 1.29 is 38.7 Å². The zero-order valence-electron chi connectivity index (χ0n) is 15.1. The molecule has 0 fully saturated rings. The molecule has 2 unspecified atom stereocenters. The Labute approximate surface area is 142 Å². The predicted octanol–water partition coefficient (Wildman–Crippen LogP) is 0.896. The molecule has 0 bridgehead atoms. The van der Waals surface area contributed by atoms with Crippen LogP contribution in [-0.4, -0.2) is 59.1 Å². The fraction of sp³-hybridized carbons (Fsp3) is 0.750. The molecule has 0 aromatic heterocycles. The Morgan fingerprint density at radius 2 is 1.12 bits per heavy atom. The Bertz CT molecular complexity index is 397. The second-order valence-electron chi connectivity index (χ2n) is 6.30. The van der Waals surface area contributed by atoms with Gasteiger partial charge in [0.1, 0.15) is 0 Å². The number of aliphatic hydroxyl groups is 2. The van der Waals surface area contributed by atoms with Crippen molar-refractivity contribution in [3.8, 4) is 0 Å². The fourth-order valence-corrected chi connectivity index (χ4v) is 1.39. The number of rotatable bonds is 10. The van der Waals surface area contributed by atoms with Crippen molar-refractivity contribution in [1.29, 1.82) is 0 Å². The van der Waals surface area contributed by atoms with Crippen molar-refractivity contribution in [2.75, 3.05) is 13.2 Å². The molecule has 2 N–H and O–H groups in total. The second kappa shape index (κ2) is 9.73. The van der Waals surface area contributed by atoms with E-state index in [0.29, 0.717) is 0 Å². The average Bonchev–Trinajstić information content (AvgIpc) is 2.40. The summed E-state index contributed by atoms with van der Waals surface area (Å²) < 4.78 is 20.5. The van der Waals surface area contributed by atoms with Crippen molar-refractivity contribution >= 4 is 11.9 Å². The molecule has 0 radical (unpaired) electrons. The van der Waals surface area contributed by atoms with Crippen LogP contribution in [0.15, 0.2) is 12.2 Å². The molecular weight excluding hydrogens is 320 g/mol. The van der Waals surface area contributed by atoms with E-state index < -0.39 is 35.7 Å². The van der Waals surface area contributed by atoms with Crippen LogP contribution in [0, 0.1) is 0 Å². The Morgan fingerprint density at radius 1 is 0.833 bits per heavy atom. The number of hydrogen-bond donors (Lipinski definition) is 2. The van der Waals surface area contributed by atoms with E-state index in [4.69, 9.17) is 29.2 Å². The maximum atomic E-state index is 11.7. The monoisotopic (exact) mass is 348 g/mol. The lowest BCUT2D eigenvalue weighted by molar-refractivity contribution is -0.220. The van der Waals surface area contributed by atoms with Gasteiger partial charge in [-0.15, -0.1) is 0 Å². The van der Waals surface area contributed by atoms with Gasteiger partial charge in [0, 0.05) is 39.8 Å². The predicted molar refractivity (Wildman–Crippen MR) is 84.7 cm³/mol. The number of hydrogen-bond acceptors (Lipinski definition) is 8. The van der Waals surface area contributed by atoms with Crippen molar-refractivity contribution in [2.45, 2.75) is 65.3 Å². The summed E-state index contributed by atoms with van der Waals surface area (Å²) in [6.07, 6.45) is 0.413. The van der Waals surface area contributed by atoms with Gasteiger partial charge in [0.25, 0.3) is 0 Å². The summed E-state index contributed by atoms with van der Waals surface area (Å²) in [4.78, 5) is 23.3. The van der Waals surface area contributed by atoms with Crippen LogP contribution < -0.4 is 0 Å². The molecule has 0 aliphatic carbocycles. The molecule has 0 aromatic carbocycles. The lowest BCUT2D eigenvalue weighted by Crippen LogP contribution is -2.34. The van der Waals surface area contributed by atoms with Gasteiger partial charge in [0.15, 0.2) is 0 Å². The molecule has 0 spiro atoms.